The van der Waals surface area contributed by atoms with E-state index in [1.165, 1.54) is 18.4 Å². The van der Waals surface area contributed by atoms with Crippen LogP contribution in [-0.2, 0) is 11.3 Å². The van der Waals surface area contributed by atoms with Crippen LogP contribution in [0, 0.1) is 18.7 Å². The molecule has 1 unspecified atom stereocenters. The number of halogens is 1. The molecule has 0 radical (unpaired) electrons. The molecule has 2 aliphatic heterocycles. The summed E-state index contributed by atoms with van der Waals surface area (Å²) in [6, 6.07) is 5.56. The first-order valence-corrected chi connectivity index (χ1v) is 15.5. The Bertz CT molecular complexity index is 1140. The average Bonchev–Trinajstić information content (AvgIpc) is 2.97. The third kappa shape index (κ3) is 8.79. The number of ketones is 1. The summed E-state index contributed by atoms with van der Waals surface area (Å²) in [5.74, 6) is 0.529. The second kappa shape index (κ2) is 15.9. The Balaban J connectivity index is 0.00000108. The van der Waals surface area contributed by atoms with Crippen LogP contribution >= 0.6 is 0 Å². The number of nitrogens with zero attached hydrogens (tertiary/aromatic N) is 2. The molecule has 0 saturated carbocycles. The summed E-state index contributed by atoms with van der Waals surface area (Å²) in [4.78, 5) is 17.0. The first-order chi connectivity index (χ1) is 19.7. The highest BCUT2D eigenvalue weighted by molar-refractivity contribution is 6.18. The zero-order valence-corrected chi connectivity index (χ0v) is 26.2. The molecular weight excluding hydrogens is 513 g/mol. The number of piperidine rings is 1. The fourth-order valence-electron chi connectivity index (χ4n) is 5.62. The number of allylic oxidation sites excluding steroid dienone is 2. The van der Waals surface area contributed by atoms with E-state index in [2.05, 4.69) is 72.3 Å². The van der Waals surface area contributed by atoms with Crippen LogP contribution in [0.5, 0.6) is 0 Å². The molecule has 1 atom stereocenters. The number of dihydropyridines is 1. The number of likely N-dealkylation sites (N-methyl/N-ethyl adjacent to an activating group) is 1. The Labute approximate surface area is 247 Å². The third-order valence-electron chi connectivity index (χ3n) is 8.22. The Morgan fingerprint density at radius 3 is 2.39 bits per heavy atom. The highest BCUT2D eigenvalue weighted by Crippen LogP contribution is 2.26. The largest absolute Gasteiger partial charge is 0.386 e. The van der Waals surface area contributed by atoms with Crippen molar-refractivity contribution in [3.63, 3.8) is 0 Å². The minimum absolute atomic E-state index is 0.0172. The lowest BCUT2D eigenvalue weighted by atomic mass is 9.93. The van der Waals surface area contributed by atoms with E-state index in [1.54, 1.807) is 13.1 Å². The molecule has 1 aromatic carbocycles. The number of rotatable bonds is 12. The van der Waals surface area contributed by atoms with Gasteiger partial charge in [-0.2, -0.15) is 0 Å². The second-order valence-corrected chi connectivity index (χ2v) is 11.6. The monoisotopic (exact) mass is 565 g/mol. The SMILES string of the molecule is C=C1C(=O)C(NCC2=CNC(N(CCC)CC3CCN(Cc4ccc(C)cc4F)CC3)C(C)=C2)=C1NC.CCCC. The summed E-state index contributed by atoms with van der Waals surface area (Å²) in [5, 5.41) is 9.93. The quantitative estimate of drug-likeness (QED) is 0.279. The summed E-state index contributed by atoms with van der Waals surface area (Å²) >= 11 is 0. The summed E-state index contributed by atoms with van der Waals surface area (Å²) < 4.78 is 14.3. The maximum absolute atomic E-state index is 14.3. The van der Waals surface area contributed by atoms with Gasteiger partial charge >= 0.3 is 0 Å². The fourth-order valence-corrected chi connectivity index (χ4v) is 5.62. The zero-order chi connectivity index (χ0) is 29.9. The molecule has 1 aromatic rings. The van der Waals surface area contributed by atoms with E-state index in [0.717, 1.165) is 67.8 Å². The molecule has 7 heteroatoms. The molecule has 1 saturated heterocycles. The van der Waals surface area contributed by atoms with Gasteiger partial charge in [0.15, 0.2) is 0 Å². The summed E-state index contributed by atoms with van der Waals surface area (Å²) in [7, 11) is 1.81. The number of unbranched alkanes of at least 4 members (excludes halogenated alkanes) is 1. The summed E-state index contributed by atoms with van der Waals surface area (Å²) in [6.45, 7) is 19.9. The highest BCUT2D eigenvalue weighted by Gasteiger charge is 2.31. The molecule has 226 valence electrons. The molecule has 1 fully saturated rings. The molecule has 6 nitrogen and oxygen atoms in total. The van der Waals surface area contributed by atoms with Crippen molar-refractivity contribution >= 4 is 5.78 Å². The number of carbonyl (C=O) groups excluding carboxylic acids is 1. The van der Waals surface area contributed by atoms with E-state index in [1.807, 2.05) is 19.1 Å². The molecule has 0 amide bonds. The third-order valence-corrected chi connectivity index (χ3v) is 8.22. The van der Waals surface area contributed by atoms with E-state index < -0.39 is 0 Å². The predicted molar refractivity (Wildman–Crippen MR) is 169 cm³/mol. The first kappa shape index (κ1) is 32.6. The van der Waals surface area contributed by atoms with Crippen LogP contribution in [0.4, 0.5) is 4.39 Å². The van der Waals surface area contributed by atoms with Crippen molar-refractivity contribution in [3.05, 3.63) is 82.1 Å². The number of hydrogen-bond acceptors (Lipinski definition) is 6. The fraction of sp³-hybridized carbons (Fsp3) is 0.559. The number of hydrogen-bond donors (Lipinski definition) is 3. The van der Waals surface area contributed by atoms with Crippen molar-refractivity contribution in [1.82, 2.24) is 25.8 Å². The van der Waals surface area contributed by atoms with Gasteiger partial charge in [0.1, 0.15) is 17.7 Å². The van der Waals surface area contributed by atoms with Crippen LogP contribution in [0.2, 0.25) is 0 Å². The van der Waals surface area contributed by atoms with Gasteiger partial charge in [-0.25, -0.2) is 4.39 Å². The van der Waals surface area contributed by atoms with Crippen LogP contribution in [0.25, 0.3) is 0 Å². The summed E-state index contributed by atoms with van der Waals surface area (Å²) in [5.41, 5.74) is 6.13. The molecule has 4 rings (SSSR count). The minimum Gasteiger partial charge on any atom is -0.386 e. The molecule has 3 N–H and O–H groups in total. The smallest absolute Gasteiger partial charge is 0.212 e. The predicted octanol–water partition coefficient (Wildman–Crippen LogP) is 5.78. The number of likely N-dealkylation sites (tertiary alicyclic amines) is 1. The van der Waals surface area contributed by atoms with Gasteiger partial charge in [0.2, 0.25) is 5.78 Å². The van der Waals surface area contributed by atoms with Gasteiger partial charge in [0, 0.05) is 50.6 Å². The van der Waals surface area contributed by atoms with Crippen LogP contribution in [0.1, 0.15) is 70.9 Å². The van der Waals surface area contributed by atoms with Crippen molar-refractivity contribution in [2.75, 3.05) is 39.8 Å². The van der Waals surface area contributed by atoms with E-state index in [9.17, 15) is 9.18 Å². The zero-order valence-electron chi connectivity index (χ0n) is 26.2. The molecule has 0 aromatic heterocycles. The van der Waals surface area contributed by atoms with Gasteiger partial charge in [0.05, 0.1) is 5.70 Å². The van der Waals surface area contributed by atoms with E-state index >= 15 is 0 Å². The molecule has 0 spiro atoms. The lowest BCUT2D eigenvalue weighted by Crippen LogP contribution is -2.49. The lowest BCUT2D eigenvalue weighted by molar-refractivity contribution is -0.113. The Hall–Kier alpha value is -2.90. The maximum Gasteiger partial charge on any atom is 0.212 e. The van der Waals surface area contributed by atoms with Gasteiger partial charge in [-0.3, -0.25) is 14.6 Å². The Morgan fingerprint density at radius 1 is 1.10 bits per heavy atom. The van der Waals surface area contributed by atoms with Crippen molar-refractivity contribution in [2.24, 2.45) is 5.92 Å². The summed E-state index contributed by atoms with van der Waals surface area (Å²) in [6.07, 6.45) is 10.5. The second-order valence-electron chi connectivity index (χ2n) is 11.6. The van der Waals surface area contributed by atoms with Crippen molar-refractivity contribution in [3.8, 4) is 0 Å². The van der Waals surface area contributed by atoms with Crippen LogP contribution in [-0.4, -0.2) is 61.5 Å². The lowest BCUT2D eigenvalue weighted by Gasteiger charge is -2.39. The van der Waals surface area contributed by atoms with Gasteiger partial charge in [0.25, 0.3) is 0 Å². The molecular formula is C34H52FN5O. The molecule has 41 heavy (non-hydrogen) atoms. The standard InChI is InChI=1S/C30H42FN5O.C4H10/c1-6-11-36(18-23-9-12-35(13-10-23)19-25-8-7-20(2)14-26(25)31)30-21(3)15-24(17-34-30)16-33-28-27(32-5)22(4)29(28)37;1-3-4-2/h7-8,14-15,17,23,30,32-34H,4,6,9-13,16,18-19H2,1-3,5H3;3-4H2,1-2H3. The number of aryl methyl sites for hydroxylation is 1. The average molecular weight is 566 g/mol. The number of Topliss-reactive ketones (excluding diaryl/α,β-unsaturated/α-hetero) is 1. The van der Waals surface area contributed by atoms with Crippen LogP contribution in [0.15, 0.2) is 65.2 Å². The van der Waals surface area contributed by atoms with Crippen molar-refractivity contribution in [2.45, 2.75) is 79.4 Å². The van der Waals surface area contributed by atoms with Gasteiger partial charge in [-0.1, -0.05) is 58.4 Å². The molecule has 1 aliphatic carbocycles. The van der Waals surface area contributed by atoms with Crippen LogP contribution in [0.3, 0.4) is 0 Å². The number of benzene rings is 1. The van der Waals surface area contributed by atoms with Gasteiger partial charge in [-0.15, -0.1) is 0 Å². The van der Waals surface area contributed by atoms with E-state index in [0.29, 0.717) is 30.3 Å². The normalized spacial score (nSPS) is 19.7. The van der Waals surface area contributed by atoms with Gasteiger partial charge in [-0.05, 0) is 74.9 Å². The van der Waals surface area contributed by atoms with Crippen LogP contribution < -0.4 is 16.0 Å². The number of carbonyl (C=O) groups is 1. The van der Waals surface area contributed by atoms with Crippen molar-refractivity contribution in [1.29, 1.82) is 0 Å². The maximum atomic E-state index is 14.3. The van der Waals surface area contributed by atoms with Gasteiger partial charge < -0.3 is 16.0 Å². The molecule has 2 heterocycles. The Kier molecular flexibility index (Phi) is 12.7. The Morgan fingerprint density at radius 2 is 1.80 bits per heavy atom. The number of nitrogens with one attached hydrogen (secondary N) is 3. The van der Waals surface area contributed by atoms with E-state index in [-0.39, 0.29) is 17.8 Å². The first-order valence-electron chi connectivity index (χ1n) is 15.5. The van der Waals surface area contributed by atoms with E-state index in [4.69, 9.17) is 0 Å². The topological polar surface area (TPSA) is 59.6 Å². The van der Waals surface area contributed by atoms with Crippen molar-refractivity contribution < 1.29 is 9.18 Å². The molecule has 3 aliphatic rings. The highest BCUT2D eigenvalue weighted by atomic mass is 19.1. The minimum atomic E-state index is -0.0894. The molecule has 0 bridgehead atoms.